The minimum atomic E-state index is -0.508. The van der Waals surface area contributed by atoms with E-state index in [9.17, 15) is 9.90 Å². The normalized spacial score (nSPS) is 12.0. The van der Waals surface area contributed by atoms with Crippen LogP contribution in [0.1, 0.15) is 0 Å². The van der Waals surface area contributed by atoms with Gasteiger partial charge >= 0.3 is 6.03 Å². The van der Waals surface area contributed by atoms with Gasteiger partial charge in [-0.25, -0.2) is 4.79 Å². The Hall–Kier alpha value is -2.60. The predicted octanol–water partition coefficient (Wildman–Crippen LogP) is 3.42. The molecule has 3 N–H and O–H groups in total. The Bertz CT molecular complexity index is 705. The third-order valence-corrected chi connectivity index (χ3v) is 3.07. The second-order valence-corrected chi connectivity index (χ2v) is 4.75. The summed E-state index contributed by atoms with van der Waals surface area (Å²) in [6.45, 7) is 0.168. The molecule has 0 bridgehead atoms. The maximum Gasteiger partial charge on any atom is 0.323 e. The molecule has 2 aromatic rings. The van der Waals surface area contributed by atoms with Gasteiger partial charge in [0.2, 0.25) is 6.79 Å². The Kier molecular flexibility index (Phi) is 3.45. The summed E-state index contributed by atoms with van der Waals surface area (Å²) < 4.78 is 10.4. The number of anilines is 2. The first-order valence-electron chi connectivity index (χ1n) is 6.08. The summed E-state index contributed by atoms with van der Waals surface area (Å²) in [6, 6.07) is 8.91. The lowest BCUT2D eigenvalue weighted by Crippen LogP contribution is -2.19. The second kappa shape index (κ2) is 5.41. The summed E-state index contributed by atoms with van der Waals surface area (Å²) >= 11 is 5.81. The van der Waals surface area contributed by atoms with Gasteiger partial charge < -0.3 is 25.2 Å². The standard InChI is InChI=1S/C14H11ClN2O4/c15-8-1-3-11(18)10(5-8)17-14(19)16-9-2-4-12-13(6-9)21-7-20-12/h1-6,18H,7H2,(H2,16,17,19). The van der Waals surface area contributed by atoms with Crippen LogP contribution in [0.25, 0.3) is 0 Å². The molecule has 0 saturated heterocycles. The first kappa shape index (κ1) is 13.4. The van der Waals surface area contributed by atoms with E-state index in [1.165, 1.54) is 18.2 Å². The van der Waals surface area contributed by atoms with Crippen LogP contribution in [0, 0.1) is 0 Å². The molecule has 108 valence electrons. The molecular formula is C14H11ClN2O4. The summed E-state index contributed by atoms with van der Waals surface area (Å²) in [5.74, 6) is 1.13. The van der Waals surface area contributed by atoms with Crippen LogP contribution in [-0.4, -0.2) is 17.9 Å². The van der Waals surface area contributed by atoms with Gasteiger partial charge in [-0.05, 0) is 30.3 Å². The highest BCUT2D eigenvalue weighted by Gasteiger charge is 2.14. The Labute approximate surface area is 125 Å². The number of aromatic hydroxyl groups is 1. The first-order valence-corrected chi connectivity index (χ1v) is 6.46. The smallest absolute Gasteiger partial charge is 0.323 e. The number of carbonyl (C=O) groups is 1. The van der Waals surface area contributed by atoms with Gasteiger partial charge in [0.15, 0.2) is 11.5 Å². The van der Waals surface area contributed by atoms with E-state index in [2.05, 4.69) is 10.6 Å². The Morgan fingerprint density at radius 1 is 1.10 bits per heavy atom. The number of amides is 2. The van der Waals surface area contributed by atoms with Crippen molar-refractivity contribution in [2.45, 2.75) is 0 Å². The van der Waals surface area contributed by atoms with E-state index in [4.69, 9.17) is 21.1 Å². The Morgan fingerprint density at radius 2 is 1.90 bits per heavy atom. The van der Waals surface area contributed by atoms with Crippen molar-refractivity contribution >= 4 is 29.0 Å². The van der Waals surface area contributed by atoms with Gasteiger partial charge in [0.05, 0.1) is 5.69 Å². The maximum absolute atomic E-state index is 11.9. The Balaban J connectivity index is 1.70. The monoisotopic (exact) mass is 306 g/mol. The van der Waals surface area contributed by atoms with Crippen LogP contribution in [0.3, 0.4) is 0 Å². The molecule has 1 aliphatic heterocycles. The average molecular weight is 307 g/mol. The molecule has 6 nitrogen and oxygen atoms in total. The number of halogens is 1. The van der Waals surface area contributed by atoms with Crippen LogP contribution >= 0.6 is 11.6 Å². The highest BCUT2D eigenvalue weighted by molar-refractivity contribution is 6.31. The molecule has 0 saturated carbocycles. The molecule has 0 atom stereocenters. The van der Waals surface area contributed by atoms with Crippen molar-refractivity contribution in [3.05, 3.63) is 41.4 Å². The van der Waals surface area contributed by atoms with Crippen molar-refractivity contribution in [1.82, 2.24) is 0 Å². The van der Waals surface area contributed by atoms with Gasteiger partial charge in [0.1, 0.15) is 5.75 Å². The van der Waals surface area contributed by atoms with Crippen molar-refractivity contribution in [3.8, 4) is 17.2 Å². The van der Waals surface area contributed by atoms with E-state index in [1.807, 2.05) is 0 Å². The summed E-state index contributed by atoms with van der Waals surface area (Å²) in [5.41, 5.74) is 0.763. The summed E-state index contributed by atoms with van der Waals surface area (Å²) in [6.07, 6.45) is 0. The summed E-state index contributed by atoms with van der Waals surface area (Å²) in [4.78, 5) is 11.9. The van der Waals surface area contributed by atoms with Crippen LogP contribution in [0.15, 0.2) is 36.4 Å². The SMILES string of the molecule is O=C(Nc1ccc2c(c1)OCO2)Nc1cc(Cl)ccc1O. The van der Waals surface area contributed by atoms with Gasteiger partial charge in [-0.2, -0.15) is 0 Å². The van der Waals surface area contributed by atoms with Gasteiger partial charge in [-0.15, -0.1) is 0 Å². The lowest BCUT2D eigenvalue weighted by atomic mass is 10.3. The van der Waals surface area contributed by atoms with E-state index >= 15 is 0 Å². The van der Waals surface area contributed by atoms with Gasteiger partial charge in [-0.1, -0.05) is 11.6 Å². The zero-order chi connectivity index (χ0) is 14.8. The van der Waals surface area contributed by atoms with Crippen molar-refractivity contribution in [3.63, 3.8) is 0 Å². The largest absolute Gasteiger partial charge is 0.506 e. The molecule has 0 aliphatic carbocycles. The molecule has 0 spiro atoms. The number of phenols is 1. The third-order valence-electron chi connectivity index (χ3n) is 2.84. The van der Waals surface area contributed by atoms with Gasteiger partial charge in [-0.3, -0.25) is 0 Å². The highest BCUT2D eigenvalue weighted by atomic mass is 35.5. The molecule has 0 aromatic heterocycles. The fourth-order valence-electron chi connectivity index (χ4n) is 1.87. The van der Waals surface area contributed by atoms with Gasteiger partial charge in [0, 0.05) is 16.8 Å². The van der Waals surface area contributed by atoms with Crippen LogP contribution in [0.4, 0.5) is 16.2 Å². The first-order chi connectivity index (χ1) is 10.1. The molecule has 1 aliphatic rings. The molecule has 3 rings (SSSR count). The molecule has 0 fully saturated rings. The lowest BCUT2D eigenvalue weighted by Gasteiger charge is -2.09. The number of benzene rings is 2. The molecule has 1 heterocycles. The number of fused-ring (bicyclic) bond motifs is 1. The van der Waals surface area contributed by atoms with Gasteiger partial charge in [0.25, 0.3) is 0 Å². The van der Waals surface area contributed by atoms with Crippen molar-refractivity contribution in [1.29, 1.82) is 0 Å². The summed E-state index contributed by atoms with van der Waals surface area (Å²) in [5, 5.41) is 15.2. The third kappa shape index (κ3) is 2.95. The average Bonchev–Trinajstić information content (AvgIpc) is 2.90. The number of ether oxygens (including phenoxy) is 2. The number of rotatable bonds is 2. The summed E-state index contributed by atoms with van der Waals surface area (Å²) in [7, 11) is 0. The van der Waals surface area contributed by atoms with E-state index in [-0.39, 0.29) is 18.2 Å². The number of phenolic OH excluding ortho intramolecular Hbond substituents is 1. The predicted molar refractivity (Wildman–Crippen MR) is 78.3 cm³/mol. The van der Waals surface area contributed by atoms with E-state index in [0.29, 0.717) is 22.2 Å². The fraction of sp³-hybridized carbons (Fsp3) is 0.0714. The van der Waals surface area contributed by atoms with E-state index in [0.717, 1.165) is 0 Å². The molecule has 0 radical (unpaired) electrons. The maximum atomic E-state index is 11.9. The van der Waals surface area contributed by atoms with Crippen LogP contribution < -0.4 is 20.1 Å². The van der Waals surface area contributed by atoms with Crippen molar-refractivity contribution < 1.29 is 19.4 Å². The second-order valence-electron chi connectivity index (χ2n) is 4.31. The fourth-order valence-corrected chi connectivity index (χ4v) is 2.04. The number of nitrogens with one attached hydrogen (secondary N) is 2. The molecule has 2 amide bonds. The molecule has 0 unspecified atom stereocenters. The number of hydrogen-bond donors (Lipinski definition) is 3. The van der Waals surface area contributed by atoms with Crippen LogP contribution in [0.5, 0.6) is 17.2 Å². The lowest BCUT2D eigenvalue weighted by molar-refractivity contribution is 0.174. The minimum Gasteiger partial charge on any atom is -0.506 e. The quantitative estimate of drug-likeness (QED) is 0.743. The topological polar surface area (TPSA) is 79.8 Å². The molecule has 21 heavy (non-hydrogen) atoms. The zero-order valence-electron chi connectivity index (χ0n) is 10.7. The zero-order valence-corrected chi connectivity index (χ0v) is 11.5. The van der Waals surface area contributed by atoms with Crippen LogP contribution in [0.2, 0.25) is 5.02 Å². The molecule has 2 aromatic carbocycles. The van der Waals surface area contributed by atoms with Crippen molar-refractivity contribution in [2.75, 3.05) is 17.4 Å². The highest BCUT2D eigenvalue weighted by Crippen LogP contribution is 2.34. The minimum absolute atomic E-state index is 0.0692. The number of hydrogen-bond acceptors (Lipinski definition) is 4. The number of urea groups is 1. The van der Waals surface area contributed by atoms with E-state index in [1.54, 1.807) is 18.2 Å². The molecular weight excluding hydrogens is 296 g/mol. The molecule has 7 heteroatoms. The Morgan fingerprint density at radius 3 is 2.76 bits per heavy atom. The van der Waals surface area contributed by atoms with Crippen LogP contribution in [-0.2, 0) is 0 Å². The van der Waals surface area contributed by atoms with Crippen molar-refractivity contribution in [2.24, 2.45) is 0 Å². The van der Waals surface area contributed by atoms with E-state index < -0.39 is 6.03 Å². The number of carbonyl (C=O) groups excluding carboxylic acids is 1.